The normalized spacial score (nSPS) is 13.6. The first-order valence-electron chi connectivity index (χ1n) is 7.22. The highest BCUT2D eigenvalue weighted by Crippen LogP contribution is 2.50. The van der Waals surface area contributed by atoms with Gasteiger partial charge in [-0.1, -0.05) is 24.3 Å². The van der Waals surface area contributed by atoms with Crippen LogP contribution in [-0.2, 0) is 21.2 Å². The second-order valence-corrected chi connectivity index (χ2v) is 8.58. The highest BCUT2D eigenvalue weighted by atomic mass is 79.9. The van der Waals surface area contributed by atoms with E-state index >= 15 is 0 Å². The second-order valence-electron chi connectivity index (χ2n) is 5.74. The van der Waals surface area contributed by atoms with Gasteiger partial charge < -0.3 is 5.11 Å². The van der Waals surface area contributed by atoms with Crippen molar-refractivity contribution in [3.8, 4) is 0 Å². The third-order valence-corrected chi connectivity index (χ3v) is 6.09. The number of hydrogen-bond acceptors (Lipinski definition) is 3. The Morgan fingerprint density at radius 2 is 1.39 bits per heavy atom. The Balaban J connectivity index is 2.38. The maximum atomic E-state index is 13.2. The molecule has 1 N–H and O–H groups in total. The molecule has 28 heavy (non-hydrogen) atoms. The zero-order chi connectivity index (χ0) is 21.5. The van der Waals surface area contributed by atoms with Crippen LogP contribution in [-0.4, -0.2) is 25.9 Å². The topological polar surface area (TPSA) is 54.4 Å². The summed E-state index contributed by atoms with van der Waals surface area (Å²) in [6.07, 6.45) is -12.1. The molecular weight excluding hydrogens is 485 g/mol. The van der Waals surface area contributed by atoms with Crippen LogP contribution in [0.25, 0.3) is 0 Å². The van der Waals surface area contributed by atoms with Crippen molar-refractivity contribution in [3.63, 3.8) is 0 Å². The summed E-state index contributed by atoms with van der Waals surface area (Å²) >= 11 is 2.81. The summed E-state index contributed by atoms with van der Waals surface area (Å²) < 4.78 is 115. The first-order chi connectivity index (χ1) is 12.6. The minimum absolute atomic E-state index is 0.129. The Morgan fingerprint density at radius 3 is 1.82 bits per heavy atom. The first-order valence-corrected chi connectivity index (χ1v) is 9.67. The molecule has 0 aliphatic carbocycles. The molecule has 0 aliphatic heterocycles. The monoisotopic (exact) mass is 494 g/mol. The molecule has 2 rings (SSSR count). The van der Waals surface area contributed by atoms with Crippen molar-refractivity contribution < 1.29 is 44.3 Å². The van der Waals surface area contributed by atoms with E-state index in [9.17, 15) is 44.3 Å². The van der Waals surface area contributed by atoms with E-state index in [2.05, 4.69) is 15.9 Å². The van der Waals surface area contributed by atoms with Gasteiger partial charge in [0.1, 0.15) is 5.82 Å². The van der Waals surface area contributed by atoms with Crippen molar-refractivity contribution in [1.29, 1.82) is 0 Å². The molecular formula is C16H10BrF7O3S. The van der Waals surface area contributed by atoms with E-state index in [0.717, 1.165) is 30.3 Å². The molecule has 2 aromatic rings. The van der Waals surface area contributed by atoms with Crippen LogP contribution < -0.4 is 0 Å². The summed E-state index contributed by atoms with van der Waals surface area (Å²) in [5.41, 5.74) is -6.73. The van der Waals surface area contributed by atoms with Crippen molar-refractivity contribution in [2.75, 3.05) is 0 Å². The molecule has 154 valence electrons. The van der Waals surface area contributed by atoms with Crippen LogP contribution in [0.5, 0.6) is 0 Å². The van der Waals surface area contributed by atoms with Crippen LogP contribution in [0.4, 0.5) is 30.7 Å². The number of aliphatic hydroxyl groups is 1. The van der Waals surface area contributed by atoms with Crippen molar-refractivity contribution in [3.05, 3.63) is 63.9 Å². The average molecular weight is 495 g/mol. The van der Waals surface area contributed by atoms with Crippen molar-refractivity contribution in [2.45, 2.75) is 28.6 Å². The molecule has 0 radical (unpaired) electrons. The van der Waals surface area contributed by atoms with E-state index in [0.29, 0.717) is 12.1 Å². The lowest BCUT2D eigenvalue weighted by Gasteiger charge is -2.32. The van der Waals surface area contributed by atoms with Gasteiger partial charge in [0.2, 0.25) is 0 Å². The maximum Gasteiger partial charge on any atom is 0.430 e. The Labute approximate surface area is 162 Å². The third-order valence-electron chi connectivity index (χ3n) is 3.80. The predicted octanol–water partition coefficient (Wildman–Crippen LogP) is 4.87. The highest BCUT2D eigenvalue weighted by molar-refractivity contribution is 9.10. The molecule has 2 aromatic carbocycles. The van der Waals surface area contributed by atoms with Gasteiger partial charge in [-0.2, -0.15) is 26.3 Å². The van der Waals surface area contributed by atoms with E-state index in [1.54, 1.807) is 0 Å². The van der Waals surface area contributed by atoms with Crippen LogP contribution in [0.1, 0.15) is 11.1 Å². The fourth-order valence-corrected chi connectivity index (χ4v) is 4.20. The summed E-state index contributed by atoms with van der Waals surface area (Å²) in [5, 5.41) is 9.30. The number of hydrogen-bond donors (Lipinski definition) is 1. The zero-order valence-corrected chi connectivity index (χ0v) is 15.8. The smallest absolute Gasteiger partial charge is 0.369 e. The van der Waals surface area contributed by atoms with E-state index < -0.39 is 44.9 Å². The van der Waals surface area contributed by atoms with Crippen LogP contribution in [0, 0.1) is 5.82 Å². The number of benzene rings is 2. The summed E-state index contributed by atoms with van der Waals surface area (Å²) in [4.78, 5) is -0.299. The van der Waals surface area contributed by atoms with Crippen LogP contribution in [0.3, 0.4) is 0 Å². The summed E-state index contributed by atoms with van der Waals surface area (Å²) in [6, 6.07) is 4.99. The maximum absolute atomic E-state index is 13.2. The summed E-state index contributed by atoms with van der Waals surface area (Å²) in [7, 11) is -4.06. The quantitative estimate of drug-likeness (QED) is 0.487. The largest absolute Gasteiger partial charge is 0.430 e. The van der Waals surface area contributed by atoms with Crippen molar-refractivity contribution in [2.24, 2.45) is 0 Å². The predicted molar refractivity (Wildman–Crippen MR) is 87.4 cm³/mol. The van der Waals surface area contributed by atoms with Gasteiger partial charge in [-0.3, -0.25) is 0 Å². The minimum atomic E-state index is -6.04. The number of sulfone groups is 1. The Kier molecular flexibility index (Phi) is 5.90. The molecule has 12 heteroatoms. The van der Waals surface area contributed by atoms with E-state index in [-0.39, 0.29) is 14.9 Å². The minimum Gasteiger partial charge on any atom is -0.369 e. The highest BCUT2D eigenvalue weighted by Gasteiger charge is 2.71. The van der Waals surface area contributed by atoms with Crippen molar-refractivity contribution >= 4 is 25.8 Å². The molecule has 0 saturated heterocycles. The van der Waals surface area contributed by atoms with E-state index in [1.165, 1.54) is 0 Å². The fraction of sp³-hybridized carbons (Fsp3) is 0.250. The molecule has 0 aromatic heterocycles. The molecule has 0 saturated carbocycles. The standard InChI is InChI=1S/C16H10BrF7O3S/c17-12-7-11(5-6-13(12)18)28(26,27)8-9-1-3-10(4-2-9)14(25,15(19,20)21)16(22,23)24/h1-7,25H,8H2. The zero-order valence-electron chi connectivity index (χ0n) is 13.4. The lowest BCUT2D eigenvalue weighted by Crippen LogP contribution is -2.53. The van der Waals surface area contributed by atoms with Gasteiger partial charge >= 0.3 is 12.4 Å². The van der Waals surface area contributed by atoms with Crippen LogP contribution >= 0.6 is 15.9 Å². The van der Waals surface area contributed by atoms with Gasteiger partial charge in [-0.05, 0) is 39.7 Å². The fourth-order valence-electron chi connectivity index (χ4n) is 2.30. The van der Waals surface area contributed by atoms with Gasteiger partial charge in [0.15, 0.2) is 9.84 Å². The molecule has 0 fully saturated rings. The van der Waals surface area contributed by atoms with E-state index in [4.69, 9.17) is 0 Å². The van der Waals surface area contributed by atoms with Gasteiger partial charge in [0.25, 0.3) is 5.60 Å². The average Bonchev–Trinajstić information content (AvgIpc) is 2.54. The van der Waals surface area contributed by atoms with Gasteiger partial charge in [0.05, 0.1) is 15.1 Å². The van der Waals surface area contributed by atoms with Gasteiger partial charge in [-0.15, -0.1) is 0 Å². The second kappa shape index (κ2) is 7.30. The van der Waals surface area contributed by atoms with Gasteiger partial charge in [0, 0.05) is 5.56 Å². The molecule has 0 amide bonds. The molecule has 0 heterocycles. The SMILES string of the molecule is O=S(=O)(Cc1ccc(C(O)(C(F)(F)F)C(F)(F)F)cc1)c1ccc(F)c(Br)c1. The van der Waals surface area contributed by atoms with Crippen LogP contribution in [0.15, 0.2) is 51.8 Å². The molecule has 0 spiro atoms. The Hall–Kier alpha value is -1.66. The molecule has 0 unspecified atom stereocenters. The third kappa shape index (κ3) is 4.18. The molecule has 0 bridgehead atoms. The number of halogens is 8. The summed E-state index contributed by atoms with van der Waals surface area (Å²) in [5.74, 6) is -1.48. The number of alkyl halides is 6. The van der Waals surface area contributed by atoms with Gasteiger partial charge in [-0.25, -0.2) is 12.8 Å². The Bertz CT molecular complexity index is 953. The number of rotatable bonds is 4. The lowest BCUT2D eigenvalue weighted by molar-refractivity contribution is -0.376. The van der Waals surface area contributed by atoms with E-state index in [1.807, 2.05) is 0 Å². The Morgan fingerprint density at radius 1 is 0.893 bits per heavy atom. The summed E-state index contributed by atoms with van der Waals surface area (Å²) in [6.45, 7) is 0. The molecule has 3 nitrogen and oxygen atoms in total. The first kappa shape index (κ1) is 22.6. The molecule has 0 atom stereocenters. The lowest BCUT2D eigenvalue weighted by atomic mass is 9.92. The molecule has 0 aliphatic rings. The van der Waals surface area contributed by atoms with Crippen molar-refractivity contribution in [1.82, 2.24) is 0 Å². The van der Waals surface area contributed by atoms with Crippen LogP contribution in [0.2, 0.25) is 0 Å².